The van der Waals surface area contributed by atoms with Crippen LogP contribution in [0.2, 0.25) is 0 Å². The molecule has 4 heteroatoms. The highest BCUT2D eigenvalue weighted by molar-refractivity contribution is 5.95. The lowest BCUT2D eigenvalue weighted by atomic mass is 10.1. The minimum absolute atomic E-state index is 0.398. The summed E-state index contributed by atoms with van der Waals surface area (Å²) in [5.41, 5.74) is 7.99. The first-order chi connectivity index (χ1) is 7.56. The maximum absolute atomic E-state index is 11.4. The Morgan fingerprint density at radius 2 is 2.19 bits per heavy atom. The SMILES string of the molecule is COC(=O)c1c[nH]c(N)c1/C=C\C=C(C)C. The monoisotopic (exact) mass is 220 g/mol. The molecule has 0 saturated heterocycles. The molecule has 0 unspecified atom stereocenters. The number of nitrogen functional groups attached to an aromatic ring is 1. The molecule has 1 aromatic rings. The molecule has 86 valence electrons. The number of hydrogen-bond donors (Lipinski definition) is 2. The molecule has 0 atom stereocenters. The predicted octanol–water partition coefficient (Wildman–Crippen LogP) is 2.36. The number of nitrogens with one attached hydrogen (secondary N) is 1. The van der Waals surface area contributed by atoms with Crippen molar-refractivity contribution in [1.82, 2.24) is 4.98 Å². The van der Waals surface area contributed by atoms with Gasteiger partial charge in [-0.1, -0.05) is 23.8 Å². The van der Waals surface area contributed by atoms with Crippen molar-refractivity contribution in [2.24, 2.45) is 0 Å². The molecule has 16 heavy (non-hydrogen) atoms. The Hall–Kier alpha value is -1.97. The quantitative estimate of drug-likeness (QED) is 0.607. The number of methoxy groups -OCH3 is 1. The molecular formula is C12H16N2O2. The van der Waals surface area contributed by atoms with Gasteiger partial charge in [-0.15, -0.1) is 0 Å². The van der Waals surface area contributed by atoms with Crippen molar-refractivity contribution >= 4 is 17.9 Å². The number of aromatic nitrogens is 1. The van der Waals surface area contributed by atoms with Crippen LogP contribution in [0.3, 0.4) is 0 Å². The second kappa shape index (κ2) is 5.21. The molecule has 0 aliphatic rings. The van der Waals surface area contributed by atoms with Gasteiger partial charge in [0.25, 0.3) is 0 Å². The van der Waals surface area contributed by atoms with Gasteiger partial charge in [-0.05, 0) is 13.8 Å². The average Bonchev–Trinajstić information content (AvgIpc) is 2.59. The summed E-state index contributed by atoms with van der Waals surface area (Å²) in [5.74, 6) is 0.0589. The van der Waals surface area contributed by atoms with Crippen LogP contribution in [0.4, 0.5) is 5.82 Å². The largest absolute Gasteiger partial charge is 0.465 e. The lowest BCUT2D eigenvalue weighted by molar-refractivity contribution is 0.0601. The van der Waals surface area contributed by atoms with Crippen LogP contribution in [-0.2, 0) is 4.74 Å². The van der Waals surface area contributed by atoms with Crippen molar-refractivity contribution < 1.29 is 9.53 Å². The average molecular weight is 220 g/mol. The summed E-state index contributed by atoms with van der Waals surface area (Å²) >= 11 is 0. The summed E-state index contributed by atoms with van der Waals surface area (Å²) < 4.78 is 4.65. The Balaban J connectivity index is 3.03. The van der Waals surface area contributed by atoms with Gasteiger partial charge in [0, 0.05) is 11.8 Å². The summed E-state index contributed by atoms with van der Waals surface area (Å²) in [6, 6.07) is 0. The molecule has 0 radical (unpaired) electrons. The van der Waals surface area contributed by atoms with E-state index >= 15 is 0 Å². The van der Waals surface area contributed by atoms with E-state index in [0.717, 1.165) is 0 Å². The number of anilines is 1. The summed E-state index contributed by atoms with van der Waals surface area (Å²) in [5, 5.41) is 0. The minimum Gasteiger partial charge on any atom is -0.465 e. The standard InChI is InChI=1S/C12H16N2O2/c1-8(2)5-4-6-9-10(12(15)16-3)7-14-11(9)13/h4-7,14H,13H2,1-3H3/b6-4-. The van der Waals surface area contributed by atoms with E-state index in [0.29, 0.717) is 16.9 Å². The van der Waals surface area contributed by atoms with Gasteiger partial charge in [0.15, 0.2) is 0 Å². The van der Waals surface area contributed by atoms with Gasteiger partial charge in [-0.2, -0.15) is 0 Å². The van der Waals surface area contributed by atoms with Gasteiger partial charge in [0.05, 0.1) is 12.7 Å². The fraction of sp³-hybridized carbons (Fsp3) is 0.250. The molecule has 0 saturated carbocycles. The van der Waals surface area contributed by atoms with Gasteiger partial charge >= 0.3 is 5.97 Å². The highest BCUT2D eigenvalue weighted by atomic mass is 16.5. The second-order valence-electron chi connectivity index (χ2n) is 3.62. The zero-order valence-electron chi connectivity index (χ0n) is 9.70. The molecule has 0 amide bonds. The van der Waals surface area contributed by atoms with Gasteiger partial charge in [-0.3, -0.25) is 0 Å². The van der Waals surface area contributed by atoms with E-state index in [2.05, 4.69) is 9.72 Å². The van der Waals surface area contributed by atoms with Crippen molar-refractivity contribution in [3.05, 3.63) is 35.0 Å². The maximum Gasteiger partial charge on any atom is 0.340 e. The normalized spacial score (nSPS) is 10.4. The van der Waals surface area contributed by atoms with E-state index in [1.165, 1.54) is 12.7 Å². The van der Waals surface area contributed by atoms with Crippen molar-refractivity contribution in [2.45, 2.75) is 13.8 Å². The van der Waals surface area contributed by atoms with Crippen molar-refractivity contribution in [1.29, 1.82) is 0 Å². The van der Waals surface area contributed by atoms with E-state index in [1.807, 2.05) is 26.0 Å². The summed E-state index contributed by atoms with van der Waals surface area (Å²) in [7, 11) is 1.34. The van der Waals surface area contributed by atoms with Crippen molar-refractivity contribution in [3.63, 3.8) is 0 Å². The van der Waals surface area contributed by atoms with E-state index < -0.39 is 5.97 Å². The van der Waals surface area contributed by atoms with Crippen LogP contribution in [-0.4, -0.2) is 18.1 Å². The molecule has 0 aromatic carbocycles. The number of allylic oxidation sites excluding steroid dienone is 3. The molecule has 1 rings (SSSR count). The van der Waals surface area contributed by atoms with Crippen LogP contribution in [0.15, 0.2) is 23.9 Å². The molecule has 0 bridgehead atoms. The topological polar surface area (TPSA) is 68.1 Å². The van der Waals surface area contributed by atoms with Gasteiger partial charge in [0.1, 0.15) is 5.82 Å². The Bertz CT molecular complexity index is 438. The first-order valence-electron chi connectivity index (χ1n) is 4.93. The molecule has 0 aliphatic carbocycles. The van der Waals surface area contributed by atoms with Crippen LogP contribution < -0.4 is 5.73 Å². The number of carbonyl (C=O) groups is 1. The zero-order chi connectivity index (χ0) is 12.1. The third kappa shape index (κ3) is 2.76. The van der Waals surface area contributed by atoms with Crippen molar-refractivity contribution in [2.75, 3.05) is 12.8 Å². The molecule has 1 heterocycles. The Labute approximate surface area is 94.8 Å². The molecule has 1 aromatic heterocycles. The Morgan fingerprint density at radius 3 is 2.75 bits per heavy atom. The lowest BCUT2D eigenvalue weighted by Crippen LogP contribution is -2.01. The summed E-state index contributed by atoms with van der Waals surface area (Å²) in [4.78, 5) is 14.2. The summed E-state index contributed by atoms with van der Waals surface area (Å²) in [6.45, 7) is 3.98. The number of ether oxygens (including phenoxy) is 1. The number of aromatic amines is 1. The minimum atomic E-state index is -0.398. The van der Waals surface area contributed by atoms with Crippen LogP contribution in [0.1, 0.15) is 29.8 Å². The zero-order valence-corrected chi connectivity index (χ0v) is 9.70. The van der Waals surface area contributed by atoms with Gasteiger partial charge in [0.2, 0.25) is 0 Å². The number of esters is 1. The Kier molecular flexibility index (Phi) is 3.94. The maximum atomic E-state index is 11.4. The molecule has 4 nitrogen and oxygen atoms in total. The van der Waals surface area contributed by atoms with Gasteiger partial charge < -0.3 is 15.5 Å². The van der Waals surface area contributed by atoms with Gasteiger partial charge in [-0.25, -0.2) is 4.79 Å². The number of H-pyrrole nitrogens is 1. The van der Waals surface area contributed by atoms with Crippen molar-refractivity contribution in [3.8, 4) is 0 Å². The summed E-state index contributed by atoms with van der Waals surface area (Å²) in [6.07, 6.45) is 7.11. The molecule has 3 N–H and O–H groups in total. The third-order valence-corrected chi connectivity index (χ3v) is 2.05. The fourth-order valence-corrected chi connectivity index (χ4v) is 1.25. The molecule has 0 aliphatic heterocycles. The van der Waals surface area contributed by atoms with Crippen LogP contribution in [0, 0.1) is 0 Å². The Morgan fingerprint density at radius 1 is 1.50 bits per heavy atom. The lowest BCUT2D eigenvalue weighted by Gasteiger charge is -1.97. The second-order valence-corrected chi connectivity index (χ2v) is 3.62. The molecular weight excluding hydrogens is 204 g/mol. The highest BCUT2D eigenvalue weighted by Gasteiger charge is 2.13. The predicted molar refractivity (Wildman–Crippen MR) is 65.0 cm³/mol. The van der Waals surface area contributed by atoms with Crippen LogP contribution in [0.5, 0.6) is 0 Å². The van der Waals surface area contributed by atoms with E-state index in [4.69, 9.17) is 5.73 Å². The number of carbonyl (C=O) groups excluding carboxylic acids is 1. The number of nitrogens with two attached hydrogens (primary N) is 1. The third-order valence-electron chi connectivity index (χ3n) is 2.05. The fourth-order valence-electron chi connectivity index (χ4n) is 1.25. The molecule has 0 fully saturated rings. The first-order valence-corrected chi connectivity index (χ1v) is 4.93. The van der Waals surface area contributed by atoms with Crippen LogP contribution in [0.25, 0.3) is 6.08 Å². The first kappa shape index (κ1) is 12.1. The van der Waals surface area contributed by atoms with E-state index in [1.54, 1.807) is 12.3 Å². The van der Waals surface area contributed by atoms with Crippen LogP contribution >= 0.6 is 0 Å². The number of hydrogen-bond acceptors (Lipinski definition) is 3. The highest BCUT2D eigenvalue weighted by Crippen LogP contribution is 2.19. The van der Waals surface area contributed by atoms with E-state index in [9.17, 15) is 4.79 Å². The smallest absolute Gasteiger partial charge is 0.340 e. The number of rotatable bonds is 3. The molecule has 0 spiro atoms. The van der Waals surface area contributed by atoms with E-state index in [-0.39, 0.29) is 0 Å².